The van der Waals surface area contributed by atoms with Crippen LogP contribution in [0.3, 0.4) is 0 Å². The molecule has 4 rings (SSSR count). The van der Waals surface area contributed by atoms with Crippen LogP contribution in [-0.4, -0.2) is 16.9 Å². The van der Waals surface area contributed by atoms with Gasteiger partial charge in [-0.25, -0.2) is 4.79 Å². The summed E-state index contributed by atoms with van der Waals surface area (Å²) in [6.45, 7) is 2.02. The summed E-state index contributed by atoms with van der Waals surface area (Å²) in [6, 6.07) is 0. The normalized spacial score (nSPS) is 51.8. The molecule has 4 bridgehead atoms. The molecule has 0 radical (unpaired) electrons. The van der Waals surface area contributed by atoms with E-state index < -0.39 is 6.16 Å². The Hall–Kier alpha value is -0.730. The first kappa shape index (κ1) is 9.49. The van der Waals surface area contributed by atoms with Crippen molar-refractivity contribution >= 4 is 6.16 Å². The maximum absolute atomic E-state index is 10.8. The summed E-state index contributed by atoms with van der Waals surface area (Å²) >= 11 is 0. The third-order valence-corrected chi connectivity index (χ3v) is 5.07. The molecule has 4 aliphatic rings. The van der Waals surface area contributed by atoms with Crippen molar-refractivity contribution in [3.8, 4) is 0 Å². The van der Waals surface area contributed by atoms with Gasteiger partial charge < -0.3 is 9.84 Å². The fourth-order valence-electron chi connectivity index (χ4n) is 4.47. The Kier molecular flexibility index (Phi) is 1.83. The number of carbonyl (C=O) groups is 1. The lowest BCUT2D eigenvalue weighted by atomic mass is 9.50. The summed E-state index contributed by atoms with van der Waals surface area (Å²) in [4.78, 5) is 10.8. The smallest absolute Gasteiger partial charge is 0.450 e. The van der Waals surface area contributed by atoms with E-state index >= 15 is 0 Å². The van der Waals surface area contributed by atoms with Gasteiger partial charge in [-0.3, -0.25) is 0 Å². The Bertz CT molecular complexity index is 269. The molecule has 3 nitrogen and oxygen atoms in total. The van der Waals surface area contributed by atoms with Gasteiger partial charge in [-0.05, 0) is 62.7 Å². The highest BCUT2D eigenvalue weighted by Gasteiger charge is 2.57. The van der Waals surface area contributed by atoms with Gasteiger partial charge >= 0.3 is 6.16 Å². The highest BCUT2D eigenvalue weighted by atomic mass is 16.7. The van der Waals surface area contributed by atoms with Gasteiger partial charge in [-0.15, -0.1) is 0 Å². The summed E-state index contributed by atoms with van der Waals surface area (Å²) in [5.41, 5.74) is -0.376. The number of carboxylic acid groups (broad SMARTS) is 1. The second kappa shape index (κ2) is 2.89. The van der Waals surface area contributed by atoms with Crippen LogP contribution in [0.2, 0.25) is 0 Å². The Labute approximate surface area is 89.8 Å². The van der Waals surface area contributed by atoms with Crippen LogP contribution >= 0.6 is 0 Å². The van der Waals surface area contributed by atoms with Gasteiger partial charge in [0.15, 0.2) is 0 Å². The van der Waals surface area contributed by atoms with Crippen molar-refractivity contribution in [1.29, 1.82) is 0 Å². The third kappa shape index (κ3) is 1.28. The van der Waals surface area contributed by atoms with Crippen LogP contribution in [-0.2, 0) is 4.74 Å². The Balaban J connectivity index is 1.87. The van der Waals surface area contributed by atoms with E-state index in [1.807, 2.05) is 6.92 Å². The highest BCUT2D eigenvalue weighted by Crippen LogP contribution is 2.59. The van der Waals surface area contributed by atoms with E-state index in [9.17, 15) is 4.79 Å². The molecule has 0 aromatic heterocycles. The Morgan fingerprint density at radius 3 is 2.00 bits per heavy atom. The van der Waals surface area contributed by atoms with Crippen molar-refractivity contribution in [3.05, 3.63) is 0 Å². The molecule has 0 aromatic rings. The number of hydrogen-bond donors (Lipinski definition) is 1. The second-order valence-electron chi connectivity index (χ2n) is 5.86. The van der Waals surface area contributed by atoms with Gasteiger partial charge in [0.1, 0.15) is 5.60 Å². The maximum Gasteiger partial charge on any atom is 0.506 e. The first-order chi connectivity index (χ1) is 7.08. The quantitative estimate of drug-likeness (QED) is 0.677. The van der Waals surface area contributed by atoms with E-state index in [1.54, 1.807) is 0 Å². The van der Waals surface area contributed by atoms with Gasteiger partial charge in [-0.2, -0.15) is 0 Å². The highest BCUT2D eigenvalue weighted by molar-refractivity contribution is 5.57. The maximum atomic E-state index is 10.8. The second-order valence-corrected chi connectivity index (χ2v) is 5.86. The minimum Gasteiger partial charge on any atom is -0.450 e. The van der Waals surface area contributed by atoms with Crippen molar-refractivity contribution in [2.75, 3.05) is 0 Å². The van der Waals surface area contributed by atoms with Gasteiger partial charge in [0.05, 0.1) is 0 Å². The Morgan fingerprint density at radius 1 is 1.13 bits per heavy atom. The van der Waals surface area contributed by atoms with E-state index in [0.29, 0.717) is 11.8 Å². The summed E-state index contributed by atoms with van der Waals surface area (Å²) in [7, 11) is 0. The molecule has 15 heavy (non-hydrogen) atoms. The molecular formula is C12H18O3. The van der Waals surface area contributed by atoms with Crippen LogP contribution in [0.25, 0.3) is 0 Å². The van der Waals surface area contributed by atoms with Gasteiger partial charge in [-0.1, -0.05) is 0 Å². The molecule has 0 heterocycles. The van der Waals surface area contributed by atoms with Crippen LogP contribution in [0.4, 0.5) is 4.79 Å². The zero-order valence-electron chi connectivity index (χ0n) is 9.11. The lowest BCUT2D eigenvalue weighted by molar-refractivity contribution is -0.170. The van der Waals surface area contributed by atoms with Crippen LogP contribution in [0, 0.1) is 23.7 Å². The van der Waals surface area contributed by atoms with Crippen molar-refractivity contribution in [1.82, 2.24) is 0 Å². The van der Waals surface area contributed by atoms with E-state index in [2.05, 4.69) is 0 Å². The van der Waals surface area contributed by atoms with E-state index in [-0.39, 0.29) is 5.60 Å². The zero-order chi connectivity index (χ0) is 10.6. The molecule has 0 aliphatic heterocycles. The summed E-state index contributed by atoms with van der Waals surface area (Å²) in [5.74, 6) is 2.70. The lowest BCUT2D eigenvalue weighted by Gasteiger charge is -2.58. The molecule has 0 unspecified atom stereocenters. The predicted molar refractivity (Wildman–Crippen MR) is 54.6 cm³/mol. The number of rotatable bonds is 1. The van der Waals surface area contributed by atoms with Crippen molar-refractivity contribution < 1.29 is 14.6 Å². The average molecular weight is 210 g/mol. The first-order valence-corrected chi connectivity index (χ1v) is 6.00. The predicted octanol–water partition coefficient (Wildman–Crippen LogP) is 2.90. The Morgan fingerprint density at radius 2 is 1.60 bits per heavy atom. The average Bonchev–Trinajstić information content (AvgIpc) is 2.12. The summed E-state index contributed by atoms with van der Waals surface area (Å²) < 4.78 is 5.23. The summed E-state index contributed by atoms with van der Waals surface area (Å²) in [5, 5.41) is 8.84. The molecular weight excluding hydrogens is 192 g/mol. The molecule has 1 N–H and O–H groups in total. The van der Waals surface area contributed by atoms with Gasteiger partial charge in [0.2, 0.25) is 0 Å². The van der Waals surface area contributed by atoms with E-state index in [1.165, 1.54) is 32.1 Å². The minimum atomic E-state index is -1.09. The molecule has 0 atom stereocenters. The van der Waals surface area contributed by atoms with E-state index in [0.717, 1.165) is 11.8 Å². The van der Waals surface area contributed by atoms with Crippen molar-refractivity contribution in [2.24, 2.45) is 23.7 Å². The number of hydrogen-bond acceptors (Lipinski definition) is 2. The van der Waals surface area contributed by atoms with Crippen LogP contribution < -0.4 is 0 Å². The van der Waals surface area contributed by atoms with Gasteiger partial charge in [0.25, 0.3) is 0 Å². The molecule has 3 heteroatoms. The molecule has 84 valence electrons. The molecule has 0 amide bonds. The SMILES string of the molecule is CC1(OC(=O)O)C2CC3CC(C2)CC1C3. The lowest BCUT2D eigenvalue weighted by Crippen LogP contribution is -2.57. The van der Waals surface area contributed by atoms with Crippen LogP contribution in [0.15, 0.2) is 0 Å². The van der Waals surface area contributed by atoms with Crippen LogP contribution in [0.5, 0.6) is 0 Å². The minimum absolute atomic E-state index is 0.376. The molecule has 0 saturated heterocycles. The zero-order valence-corrected chi connectivity index (χ0v) is 9.11. The summed E-state index contributed by atoms with van der Waals surface area (Å²) in [6.07, 6.45) is 5.06. The monoisotopic (exact) mass is 210 g/mol. The van der Waals surface area contributed by atoms with Crippen molar-refractivity contribution in [2.45, 2.75) is 44.6 Å². The van der Waals surface area contributed by atoms with Gasteiger partial charge in [0, 0.05) is 0 Å². The molecule has 4 saturated carbocycles. The molecule has 0 aromatic carbocycles. The third-order valence-electron chi connectivity index (χ3n) is 5.07. The first-order valence-electron chi connectivity index (χ1n) is 6.00. The van der Waals surface area contributed by atoms with Crippen LogP contribution in [0.1, 0.15) is 39.0 Å². The largest absolute Gasteiger partial charge is 0.506 e. The number of ether oxygens (including phenoxy) is 1. The molecule has 0 spiro atoms. The fourth-order valence-corrected chi connectivity index (χ4v) is 4.47. The fraction of sp³-hybridized carbons (Fsp3) is 0.917. The van der Waals surface area contributed by atoms with Crippen molar-refractivity contribution in [3.63, 3.8) is 0 Å². The van der Waals surface area contributed by atoms with E-state index in [4.69, 9.17) is 9.84 Å². The topological polar surface area (TPSA) is 46.5 Å². The molecule has 4 aliphatic carbocycles. The molecule has 4 fully saturated rings. The standard InChI is InChI=1S/C12H18O3/c1-12(15-11(13)14)9-3-7-2-8(5-9)6-10(12)4-7/h7-10H,2-6H2,1H3,(H,13,14).